The molecule has 1 saturated carbocycles. The monoisotopic (exact) mass is 179 g/mol. The number of aromatic nitrogens is 2. The number of rotatable bonds is 2. The van der Waals surface area contributed by atoms with E-state index in [0.29, 0.717) is 0 Å². The fraction of sp³-hybridized carbons (Fsp3) is 0.700. The van der Waals surface area contributed by atoms with Gasteiger partial charge in [-0.25, -0.2) is 4.98 Å². The Bertz CT molecular complexity index is 247. The first-order valence-corrected chi connectivity index (χ1v) is 5.06. The molecule has 0 radical (unpaired) electrons. The largest absolute Gasteiger partial charge is 0.348 e. The number of nitrogens with two attached hydrogens (primary N) is 1. The minimum absolute atomic E-state index is 0.203. The van der Waals surface area contributed by atoms with Crippen molar-refractivity contribution in [1.82, 2.24) is 9.97 Å². The smallest absolute Gasteiger partial charge is 0.0921 e. The van der Waals surface area contributed by atoms with Gasteiger partial charge in [-0.2, -0.15) is 0 Å². The Kier molecular flexibility index (Phi) is 2.36. The van der Waals surface area contributed by atoms with E-state index in [1.165, 1.54) is 37.8 Å². The topological polar surface area (TPSA) is 54.7 Å². The van der Waals surface area contributed by atoms with E-state index in [2.05, 4.69) is 9.97 Å². The third-order valence-corrected chi connectivity index (χ3v) is 3.27. The lowest BCUT2D eigenvalue weighted by Gasteiger charge is -2.35. The lowest BCUT2D eigenvalue weighted by atomic mass is 9.72. The van der Waals surface area contributed by atoms with Gasteiger partial charge in [0.05, 0.1) is 6.33 Å². The first-order chi connectivity index (χ1) is 6.37. The molecule has 0 spiro atoms. The van der Waals surface area contributed by atoms with Gasteiger partial charge in [0.1, 0.15) is 0 Å². The van der Waals surface area contributed by atoms with Gasteiger partial charge in [0.15, 0.2) is 0 Å². The van der Waals surface area contributed by atoms with E-state index in [9.17, 15) is 0 Å². The van der Waals surface area contributed by atoms with Crippen LogP contribution in [0.15, 0.2) is 12.5 Å². The molecule has 2 rings (SSSR count). The van der Waals surface area contributed by atoms with Crippen LogP contribution in [0.3, 0.4) is 0 Å². The molecule has 0 aromatic carbocycles. The summed E-state index contributed by atoms with van der Waals surface area (Å²) in [6.45, 7) is 0.745. The molecule has 0 saturated heterocycles. The zero-order valence-corrected chi connectivity index (χ0v) is 7.92. The Morgan fingerprint density at radius 2 is 2.15 bits per heavy atom. The number of nitrogens with zero attached hydrogens (tertiary/aromatic N) is 1. The Morgan fingerprint density at radius 3 is 2.69 bits per heavy atom. The predicted molar refractivity (Wildman–Crippen MR) is 52.4 cm³/mol. The van der Waals surface area contributed by atoms with Crippen LogP contribution in [-0.2, 0) is 5.41 Å². The Labute approximate surface area is 78.7 Å². The van der Waals surface area contributed by atoms with Gasteiger partial charge in [-0.1, -0.05) is 19.3 Å². The van der Waals surface area contributed by atoms with E-state index >= 15 is 0 Å². The SMILES string of the molecule is NCC1(c2cnc[nH]2)CCCCC1. The molecule has 1 aliphatic rings. The van der Waals surface area contributed by atoms with E-state index in [0.717, 1.165) is 6.54 Å². The standard InChI is InChI=1S/C10H17N3/c11-7-10(4-2-1-3-5-10)9-6-12-8-13-9/h6,8H,1-5,7,11H2,(H,12,13). The van der Waals surface area contributed by atoms with Gasteiger partial charge < -0.3 is 10.7 Å². The maximum atomic E-state index is 5.88. The van der Waals surface area contributed by atoms with E-state index in [4.69, 9.17) is 5.73 Å². The zero-order chi connectivity index (χ0) is 9.15. The number of imidazole rings is 1. The number of H-pyrrole nitrogens is 1. The summed E-state index contributed by atoms with van der Waals surface area (Å²) in [5, 5.41) is 0. The summed E-state index contributed by atoms with van der Waals surface area (Å²) < 4.78 is 0. The molecule has 3 nitrogen and oxygen atoms in total. The molecule has 3 N–H and O–H groups in total. The van der Waals surface area contributed by atoms with Gasteiger partial charge in [0, 0.05) is 23.9 Å². The molecule has 0 atom stereocenters. The summed E-state index contributed by atoms with van der Waals surface area (Å²) in [4.78, 5) is 7.29. The third-order valence-electron chi connectivity index (χ3n) is 3.27. The molecule has 1 aromatic heterocycles. The van der Waals surface area contributed by atoms with Crippen molar-refractivity contribution in [2.24, 2.45) is 5.73 Å². The molecule has 0 unspecified atom stereocenters. The van der Waals surface area contributed by atoms with Crippen molar-refractivity contribution < 1.29 is 0 Å². The molecule has 0 bridgehead atoms. The number of hydrogen-bond donors (Lipinski definition) is 2. The molecule has 3 heteroatoms. The van der Waals surface area contributed by atoms with E-state index in [1.54, 1.807) is 6.33 Å². The summed E-state index contributed by atoms with van der Waals surface area (Å²) in [5.41, 5.74) is 7.32. The van der Waals surface area contributed by atoms with Crippen molar-refractivity contribution in [3.05, 3.63) is 18.2 Å². The van der Waals surface area contributed by atoms with Crippen LogP contribution in [-0.4, -0.2) is 16.5 Å². The normalized spacial score (nSPS) is 21.6. The molecule has 1 aliphatic carbocycles. The van der Waals surface area contributed by atoms with Crippen LogP contribution in [0.1, 0.15) is 37.8 Å². The van der Waals surface area contributed by atoms with Gasteiger partial charge in [-0.05, 0) is 12.8 Å². The number of hydrogen-bond acceptors (Lipinski definition) is 2. The average molecular weight is 179 g/mol. The van der Waals surface area contributed by atoms with Crippen LogP contribution in [0.2, 0.25) is 0 Å². The molecular weight excluding hydrogens is 162 g/mol. The summed E-state index contributed by atoms with van der Waals surface area (Å²) in [6.07, 6.45) is 10.1. The molecule has 1 fully saturated rings. The van der Waals surface area contributed by atoms with Crippen molar-refractivity contribution in [3.8, 4) is 0 Å². The van der Waals surface area contributed by atoms with Gasteiger partial charge in [0.25, 0.3) is 0 Å². The number of nitrogens with one attached hydrogen (secondary N) is 1. The highest BCUT2D eigenvalue weighted by Gasteiger charge is 2.33. The Hall–Kier alpha value is -0.830. The van der Waals surface area contributed by atoms with Gasteiger partial charge >= 0.3 is 0 Å². The molecule has 1 aromatic rings. The van der Waals surface area contributed by atoms with Crippen LogP contribution >= 0.6 is 0 Å². The lowest BCUT2D eigenvalue weighted by Crippen LogP contribution is -2.37. The van der Waals surface area contributed by atoms with Crippen LogP contribution < -0.4 is 5.73 Å². The Balaban J connectivity index is 2.23. The van der Waals surface area contributed by atoms with Crippen LogP contribution in [0.5, 0.6) is 0 Å². The minimum atomic E-state index is 0.203. The molecule has 0 amide bonds. The highest BCUT2D eigenvalue weighted by Crippen LogP contribution is 2.37. The maximum absolute atomic E-state index is 5.88. The van der Waals surface area contributed by atoms with Crippen molar-refractivity contribution in [2.45, 2.75) is 37.5 Å². The summed E-state index contributed by atoms with van der Waals surface area (Å²) in [7, 11) is 0. The maximum Gasteiger partial charge on any atom is 0.0921 e. The van der Waals surface area contributed by atoms with Gasteiger partial charge in [0.2, 0.25) is 0 Å². The first-order valence-electron chi connectivity index (χ1n) is 5.06. The van der Waals surface area contributed by atoms with E-state index in [1.807, 2.05) is 6.20 Å². The van der Waals surface area contributed by atoms with Crippen molar-refractivity contribution >= 4 is 0 Å². The molecule has 13 heavy (non-hydrogen) atoms. The fourth-order valence-corrected chi connectivity index (χ4v) is 2.36. The zero-order valence-electron chi connectivity index (χ0n) is 7.92. The average Bonchev–Trinajstić information content (AvgIpc) is 2.72. The highest BCUT2D eigenvalue weighted by molar-refractivity contribution is 5.15. The van der Waals surface area contributed by atoms with Crippen LogP contribution in [0, 0.1) is 0 Å². The molecule has 1 heterocycles. The van der Waals surface area contributed by atoms with Crippen LogP contribution in [0.4, 0.5) is 0 Å². The predicted octanol–water partition coefficient (Wildman–Crippen LogP) is 1.57. The van der Waals surface area contributed by atoms with Crippen LogP contribution in [0.25, 0.3) is 0 Å². The molecular formula is C10H17N3. The number of aromatic amines is 1. The summed E-state index contributed by atoms with van der Waals surface area (Å²) in [6, 6.07) is 0. The van der Waals surface area contributed by atoms with Crippen molar-refractivity contribution in [2.75, 3.05) is 6.54 Å². The lowest BCUT2D eigenvalue weighted by molar-refractivity contribution is 0.294. The highest BCUT2D eigenvalue weighted by atomic mass is 14.9. The van der Waals surface area contributed by atoms with Gasteiger partial charge in [-0.3, -0.25) is 0 Å². The van der Waals surface area contributed by atoms with Gasteiger partial charge in [-0.15, -0.1) is 0 Å². The molecule has 0 aliphatic heterocycles. The minimum Gasteiger partial charge on any atom is -0.348 e. The van der Waals surface area contributed by atoms with E-state index in [-0.39, 0.29) is 5.41 Å². The fourth-order valence-electron chi connectivity index (χ4n) is 2.36. The second-order valence-corrected chi connectivity index (χ2v) is 4.01. The molecule has 72 valence electrons. The first kappa shape index (κ1) is 8.75. The summed E-state index contributed by atoms with van der Waals surface area (Å²) >= 11 is 0. The second-order valence-electron chi connectivity index (χ2n) is 4.01. The third kappa shape index (κ3) is 1.48. The second kappa shape index (κ2) is 3.50. The Morgan fingerprint density at radius 1 is 1.38 bits per heavy atom. The van der Waals surface area contributed by atoms with Crippen molar-refractivity contribution in [3.63, 3.8) is 0 Å². The van der Waals surface area contributed by atoms with Crippen molar-refractivity contribution in [1.29, 1.82) is 0 Å². The summed E-state index contributed by atoms with van der Waals surface area (Å²) in [5.74, 6) is 0. The van der Waals surface area contributed by atoms with E-state index < -0.39 is 0 Å². The quantitative estimate of drug-likeness (QED) is 0.724.